The lowest BCUT2D eigenvalue weighted by Crippen LogP contribution is -2.25. The molecule has 5 nitrogen and oxygen atoms in total. The highest BCUT2D eigenvalue weighted by Crippen LogP contribution is 2.47. The summed E-state index contributed by atoms with van der Waals surface area (Å²) in [4.78, 5) is 25.8. The summed E-state index contributed by atoms with van der Waals surface area (Å²) in [5.74, 6) is -0.0411. The van der Waals surface area contributed by atoms with Gasteiger partial charge in [-0.2, -0.15) is 0 Å². The molecule has 2 aromatic carbocycles. The molecule has 1 amide bonds. The third-order valence-corrected chi connectivity index (χ3v) is 5.01. The van der Waals surface area contributed by atoms with Crippen molar-refractivity contribution < 1.29 is 9.72 Å². The molecule has 22 heavy (non-hydrogen) atoms. The van der Waals surface area contributed by atoms with Gasteiger partial charge < -0.3 is 4.90 Å². The Morgan fingerprint density at radius 1 is 1.18 bits per heavy atom. The summed E-state index contributed by atoms with van der Waals surface area (Å²) in [6, 6.07) is 14.3. The molecule has 2 aromatic rings. The van der Waals surface area contributed by atoms with Crippen LogP contribution in [0.1, 0.15) is 17.2 Å². The number of nitro groups is 1. The average Bonchev–Trinajstić information content (AvgIpc) is 2.65. The first-order valence-corrected chi connectivity index (χ1v) is 7.71. The minimum Gasteiger partial charge on any atom is -0.314 e. The van der Waals surface area contributed by atoms with Gasteiger partial charge >= 0.3 is 0 Å². The molecule has 112 valence electrons. The minimum absolute atomic E-state index is 0.0411. The lowest BCUT2D eigenvalue weighted by molar-refractivity contribution is -0.385. The molecule has 0 fully saturated rings. The van der Waals surface area contributed by atoms with Crippen molar-refractivity contribution in [2.45, 2.75) is 16.6 Å². The first-order chi connectivity index (χ1) is 10.6. The second kappa shape index (κ2) is 5.81. The lowest BCUT2D eigenvalue weighted by Gasteiger charge is -2.16. The molecule has 1 aliphatic rings. The maximum atomic E-state index is 12.4. The maximum absolute atomic E-state index is 12.4. The van der Waals surface area contributed by atoms with E-state index in [1.165, 1.54) is 17.8 Å². The number of rotatable bonds is 2. The predicted molar refractivity (Wildman–Crippen MR) is 86.2 cm³/mol. The van der Waals surface area contributed by atoms with Crippen LogP contribution in [0.15, 0.2) is 53.4 Å². The Bertz CT molecular complexity index is 748. The summed E-state index contributed by atoms with van der Waals surface area (Å²) in [5, 5.41) is 11.0. The van der Waals surface area contributed by atoms with Crippen LogP contribution in [-0.4, -0.2) is 17.9 Å². The van der Waals surface area contributed by atoms with E-state index in [1.807, 2.05) is 24.3 Å². The Morgan fingerprint density at radius 3 is 2.64 bits per heavy atom. The molecule has 1 heterocycles. The van der Waals surface area contributed by atoms with Crippen LogP contribution in [0.3, 0.4) is 0 Å². The molecule has 0 N–H and O–H groups in total. The number of benzene rings is 2. The number of amides is 1. The predicted octanol–water partition coefficient (Wildman–Crippen LogP) is 3.79. The van der Waals surface area contributed by atoms with Crippen molar-refractivity contribution in [3.05, 3.63) is 64.2 Å². The molecule has 0 spiro atoms. The second-order valence-corrected chi connectivity index (χ2v) is 6.29. The zero-order chi connectivity index (χ0) is 15.7. The van der Waals surface area contributed by atoms with E-state index in [0.717, 1.165) is 10.6 Å². The van der Waals surface area contributed by atoms with Crippen LogP contribution in [0.5, 0.6) is 0 Å². The SMILES string of the molecule is CN1C(=O)CC(c2ccccc2[N+](=O)[O-])Sc2ccccc21. The third kappa shape index (κ3) is 2.57. The quantitative estimate of drug-likeness (QED) is 0.625. The second-order valence-electron chi connectivity index (χ2n) is 5.05. The van der Waals surface area contributed by atoms with Crippen LogP contribution in [0.25, 0.3) is 0 Å². The van der Waals surface area contributed by atoms with Crippen molar-refractivity contribution in [2.24, 2.45) is 0 Å². The number of nitro benzene ring substituents is 1. The van der Waals surface area contributed by atoms with E-state index >= 15 is 0 Å². The molecule has 1 aliphatic heterocycles. The molecule has 1 atom stereocenters. The minimum atomic E-state index is -0.388. The van der Waals surface area contributed by atoms with Crippen molar-refractivity contribution >= 4 is 29.0 Å². The van der Waals surface area contributed by atoms with E-state index in [1.54, 1.807) is 30.1 Å². The van der Waals surface area contributed by atoms with Gasteiger partial charge in [0.1, 0.15) is 0 Å². The highest BCUT2D eigenvalue weighted by Gasteiger charge is 2.30. The molecular formula is C16H14N2O3S. The number of carbonyl (C=O) groups is 1. The van der Waals surface area contributed by atoms with Gasteiger partial charge in [0.15, 0.2) is 0 Å². The van der Waals surface area contributed by atoms with Crippen molar-refractivity contribution in [3.8, 4) is 0 Å². The van der Waals surface area contributed by atoms with Crippen LogP contribution >= 0.6 is 11.8 Å². The topological polar surface area (TPSA) is 63.5 Å². The molecule has 6 heteroatoms. The zero-order valence-electron chi connectivity index (χ0n) is 11.9. The Hall–Kier alpha value is -2.34. The number of thioether (sulfide) groups is 1. The zero-order valence-corrected chi connectivity index (χ0v) is 12.7. The Morgan fingerprint density at radius 2 is 1.86 bits per heavy atom. The number of hydrogen-bond acceptors (Lipinski definition) is 4. The van der Waals surface area contributed by atoms with E-state index in [9.17, 15) is 14.9 Å². The molecule has 0 bridgehead atoms. The van der Waals surface area contributed by atoms with Gasteiger partial charge in [0, 0.05) is 30.0 Å². The molecule has 3 rings (SSSR count). The fraction of sp³-hybridized carbons (Fsp3) is 0.188. The van der Waals surface area contributed by atoms with Crippen LogP contribution in [0.4, 0.5) is 11.4 Å². The maximum Gasteiger partial charge on any atom is 0.273 e. The van der Waals surface area contributed by atoms with Crippen LogP contribution in [0, 0.1) is 10.1 Å². The standard InChI is InChI=1S/C16H14N2O3S/c1-17-13-8-4-5-9-14(13)22-15(10-16(17)19)11-6-2-3-7-12(11)18(20)21/h2-9,15H,10H2,1H3. The van der Waals surface area contributed by atoms with Crippen LogP contribution < -0.4 is 4.90 Å². The lowest BCUT2D eigenvalue weighted by atomic mass is 10.1. The number of para-hydroxylation sites is 2. The highest BCUT2D eigenvalue weighted by atomic mass is 32.2. The van der Waals surface area contributed by atoms with E-state index < -0.39 is 0 Å². The number of nitrogens with zero attached hydrogens (tertiary/aromatic N) is 2. The number of hydrogen-bond donors (Lipinski definition) is 0. The fourth-order valence-corrected chi connectivity index (χ4v) is 3.90. The average molecular weight is 314 g/mol. The van der Waals surface area contributed by atoms with Gasteiger partial charge in [-0.25, -0.2) is 0 Å². The summed E-state index contributed by atoms with van der Waals surface area (Å²) in [5.41, 5.74) is 1.50. The van der Waals surface area contributed by atoms with E-state index in [0.29, 0.717) is 5.56 Å². The summed E-state index contributed by atoms with van der Waals surface area (Å²) in [6.07, 6.45) is 0.237. The third-order valence-electron chi connectivity index (χ3n) is 3.71. The Labute approximate surface area is 132 Å². The van der Waals surface area contributed by atoms with Crippen molar-refractivity contribution in [3.63, 3.8) is 0 Å². The molecule has 0 aliphatic carbocycles. The first-order valence-electron chi connectivity index (χ1n) is 6.83. The fourth-order valence-electron chi connectivity index (χ4n) is 2.56. The van der Waals surface area contributed by atoms with Gasteiger partial charge in [-0.3, -0.25) is 14.9 Å². The summed E-state index contributed by atoms with van der Waals surface area (Å²) in [7, 11) is 1.74. The van der Waals surface area contributed by atoms with Gasteiger partial charge in [0.2, 0.25) is 5.91 Å². The smallest absolute Gasteiger partial charge is 0.273 e. The number of carbonyl (C=O) groups excluding carboxylic acids is 1. The first kappa shape index (κ1) is 14.6. The van der Waals surface area contributed by atoms with Crippen molar-refractivity contribution in [1.82, 2.24) is 0 Å². The van der Waals surface area contributed by atoms with E-state index in [-0.39, 0.29) is 28.2 Å². The van der Waals surface area contributed by atoms with Gasteiger partial charge in [-0.1, -0.05) is 30.3 Å². The van der Waals surface area contributed by atoms with Gasteiger partial charge in [0.05, 0.1) is 15.9 Å². The summed E-state index contributed by atoms with van der Waals surface area (Å²) in [6.45, 7) is 0. The number of fused-ring (bicyclic) bond motifs is 1. The molecule has 0 saturated heterocycles. The normalized spacial score (nSPS) is 17.8. The van der Waals surface area contributed by atoms with E-state index in [2.05, 4.69) is 0 Å². The van der Waals surface area contributed by atoms with Crippen LogP contribution in [0.2, 0.25) is 0 Å². The van der Waals surface area contributed by atoms with Gasteiger partial charge in [0.25, 0.3) is 5.69 Å². The van der Waals surface area contributed by atoms with Gasteiger partial charge in [-0.15, -0.1) is 11.8 Å². The van der Waals surface area contributed by atoms with Crippen molar-refractivity contribution in [2.75, 3.05) is 11.9 Å². The largest absolute Gasteiger partial charge is 0.314 e. The Balaban J connectivity index is 2.07. The molecule has 0 aromatic heterocycles. The highest BCUT2D eigenvalue weighted by molar-refractivity contribution is 7.99. The Kier molecular flexibility index (Phi) is 3.85. The molecule has 1 unspecified atom stereocenters. The van der Waals surface area contributed by atoms with Crippen LogP contribution in [-0.2, 0) is 4.79 Å². The van der Waals surface area contributed by atoms with Crippen molar-refractivity contribution in [1.29, 1.82) is 0 Å². The molecule has 0 radical (unpaired) electrons. The monoisotopic (exact) mass is 314 g/mol. The van der Waals surface area contributed by atoms with Gasteiger partial charge in [-0.05, 0) is 12.1 Å². The molecular weight excluding hydrogens is 300 g/mol. The number of anilines is 1. The van der Waals surface area contributed by atoms with E-state index in [4.69, 9.17) is 0 Å². The molecule has 0 saturated carbocycles. The summed E-state index contributed by atoms with van der Waals surface area (Å²) < 4.78 is 0. The summed E-state index contributed by atoms with van der Waals surface area (Å²) >= 11 is 1.50.